The lowest BCUT2D eigenvalue weighted by Gasteiger charge is -2.20. The highest BCUT2D eigenvalue weighted by Crippen LogP contribution is 2.28. The summed E-state index contributed by atoms with van der Waals surface area (Å²) in [6.07, 6.45) is 1.34. The molecule has 0 bridgehead atoms. The van der Waals surface area contributed by atoms with Crippen molar-refractivity contribution in [1.82, 2.24) is 10.1 Å². The zero-order chi connectivity index (χ0) is 18.0. The highest BCUT2D eigenvalue weighted by atomic mass is 35.5. The van der Waals surface area contributed by atoms with Crippen LogP contribution in [-0.4, -0.2) is 25.6 Å². The molecule has 3 rings (SSSR count). The summed E-state index contributed by atoms with van der Waals surface area (Å²) >= 11 is 5.84. The third-order valence-electron chi connectivity index (χ3n) is 3.36. The average Bonchev–Trinajstić information content (AvgIpc) is 2.58. The van der Waals surface area contributed by atoms with E-state index in [4.69, 9.17) is 11.6 Å². The second-order valence-electron chi connectivity index (χ2n) is 5.08. The second-order valence-corrected chi connectivity index (χ2v) is 7.17. The van der Waals surface area contributed by atoms with Crippen molar-refractivity contribution >= 4 is 39.5 Å². The highest BCUT2D eigenvalue weighted by molar-refractivity contribution is 7.89. The number of amides is 1. The smallest absolute Gasteiger partial charge is 0.292 e. The van der Waals surface area contributed by atoms with E-state index in [2.05, 4.69) is 15.2 Å². The normalized spacial score (nSPS) is 15.6. The molecule has 0 saturated carbocycles. The Morgan fingerprint density at radius 1 is 1.20 bits per heavy atom. The Hall–Kier alpha value is -2.84. The maximum absolute atomic E-state index is 12.2. The van der Waals surface area contributed by atoms with Gasteiger partial charge in [0.1, 0.15) is 0 Å². The highest BCUT2D eigenvalue weighted by Gasteiger charge is 2.32. The van der Waals surface area contributed by atoms with Crippen LogP contribution in [-0.2, 0) is 14.8 Å². The first kappa shape index (κ1) is 17.0. The lowest BCUT2D eigenvalue weighted by molar-refractivity contribution is -0.117. The molecule has 0 radical (unpaired) electrons. The maximum Gasteiger partial charge on any atom is 0.292 e. The first-order valence-electron chi connectivity index (χ1n) is 7.03. The average molecular weight is 378 g/mol. The van der Waals surface area contributed by atoms with Crippen LogP contribution in [0.2, 0.25) is 5.02 Å². The van der Waals surface area contributed by atoms with Crippen molar-refractivity contribution in [3.05, 3.63) is 70.4 Å². The number of hydrogen-bond acceptors (Lipinski definition) is 5. The molecule has 0 saturated heterocycles. The second kappa shape index (κ2) is 6.58. The Labute approximate surface area is 148 Å². The number of carbonyl (C=O) groups excluding carboxylic acids is 1. The van der Waals surface area contributed by atoms with Crippen molar-refractivity contribution < 1.29 is 18.3 Å². The fourth-order valence-electron chi connectivity index (χ4n) is 2.23. The fourth-order valence-corrected chi connectivity index (χ4v) is 3.71. The summed E-state index contributed by atoms with van der Waals surface area (Å²) in [5.41, 5.74) is 2.35. The van der Waals surface area contributed by atoms with Gasteiger partial charge < -0.3 is 5.11 Å². The van der Waals surface area contributed by atoms with Gasteiger partial charge in [0, 0.05) is 10.6 Å². The van der Waals surface area contributed by atoms with Gasteiger partial charge in [-0.1, -0.05) is 35.9 Å². The van der Waals surface area contributed by atoms with E-state index in [1.165, 1.54) is 24.4 Å². The van der Waals surface area contributed by atoms with Gasteiger partial charge in [-0.2, -0.15) is 5.10 Å². The zero-order valence-corrected chi connectivity index (χ0v) is 14.2. The van der Waals surface area contributed by atoms with Gasteiger partial charge in [0.2, 0.25) is 0 Å². The molecule has 1 aliphatic heterocycles. The van der Waals surface area contributed by atoms with Crippen LogP contribution in [0.25, 0.3) is 5.76 Å². The number of halogens is 1. The van der Waals surface area contributed by atoms with Gasteiger partial charge in [-0.3, -0.25) is 9.52 Å². The number of hydrazone groups is 1. The molecular formula is C16H12ClN3O4S. The molecule has 1 amide bonds. The number of benzene rings is 2. The Balaban J connectivity index is 1.85. The van der Waals surface area contributed by atoms with Gasteiger partial charge in [-0.25, -0.2) is 13.8 Å². The van der Waals surface area contributed by atoms with Gasteiger partial charge >= 0.3 is 0 Å². The minimum atomic E-state index is -3.95. The van der Waals surface area contributed by atoms with Crippen molar-refractivity contribution in [3.8, 4) is 0 Å². The number of aliphatic hydroxyl groups excluding tert-OH is 1. The summed E-state index contributed by atoms with van der Waals surface area (Å²) in [5.74, 6) is -1.37. The topological polar surface area (TPSA) is 108 Å². The van der Waals surface area contributed by atoms with E-state index in [0.29, 0.717) is 10.6 Å². The summed E-state index contributed by atoms with van der Waals surface area (Å²) in [5, 5.41) is 14.4. The van der Waals surface area contributed by atoms with E-state index in [0.717, 1.165) is 0 Å². The molecule has 25 heavy (non-hydrogen) atoms. The first-order valence-corrected chi connectivity index (χ1v) is 8.89. The van der Waals surface area contributed by atoms with Gasteiger partial charge in [0.25, 0.3) is 15.9 Å². The van der Waals surface area contributed by atoms with Crippen molar-refractivity contribution in [3.63, 3.8) is 0 Å². The number of sulfonamides is 1. The summed E-state index contributed by atoms with van der Waals surface area (Å²) < 4.78 is 26.4. The van der Waals surface area contributed by atoms with Crippen molar-refractivity contribution in [2.45, 2.75) is 4.90 Å². The maximum atomic E-state index is 12.2. The predicted octanol–water partition coefficient (Wildman–Crippen LogP) is 2.01. The van der Waals surface area contributed by atoms with E-state index in [-0.39, 0.29) is 10.5 Å². The molecule has 2 aromatic carbocycles. The SMILES string of the molecule is O=C(N/N=C/c1cccc(Cl)c1)C1=C(O)c2ccccc2S(=O)(=O)N1. The molecule has 2 aromatic rings. The van der Waals surface area contributed by atoms with Gasteiger partial charge in [-0.15, -0.1) is 0 Å². The van der Waals surface area contributed by atoms with Crippen LogP contribution in [0.15, 0.2) is 64.2 Å². The summed E-state index contributed by atoms with van der Waals surface area (Å²) in [6.45, 7) is 0. The van der Waals surface area contributed by atoms with Crippen molar-refractivity contribution in [2.24, 2.45) is 5.10 Å². The Morgan fingerprint density at radius 2 is 1.96 bits per heavy atom. The van der Waals surface area contributed by atoms with Gasteiger partial charge in [0.05, 0.1) is 11.1 Å². The molecule has 1 heterocycles. The van der Waals surface area contributed by atoms with Crippen molar-refractivity contribution in [2.75, 3.05) is 0 Å². The molecule has 0 fully saturated rings. The quantitative estimate of drug-likeness (QED) is 0.561. The van der Waals surface area contributed by atoms with E-state index in [1.54, 1.807) is 30.3 Å². The fraction of sp³-hybridized carbons (Fsp3) is 0. The van der Waals surface area contributed by atoms with Crippen LogP contribution in [0.1, 0.15) is 11.1 Å². The lowest BCUT2D eigenvalue weighted by Crippen LogP contribution is -2.37. The molecule has 0 atom stereocenters. The third-order valence-corrected chi connectivity index (χ3v) is 5.00. The standard InChI is InChI=1S/C16H12ClN3O4S/c17-11-5-3-4-10(8-11)9-18-19-16(22)14-15(21)12-6-1-2-7-13(12)25(23,24)20-14/h1-9,20-21H,(H,19,22)/b18-9+. The monoisotopic (exact) mass is 377 g/mol. The van der Waals surface area contributed by atoms with E-state index < -0.39 is 27.4 Å². The molecule has 9 heteroatoms. The molecule has 0 unspecified atom stereocenters. The minimum absolute atomic E-state index is 0.0465. The van der Waals surface area contributed by atoms with E-state index in [9.17, 15) is 18.3 Å². The number of nitrogens with zero attached hydrogens (tertiary/aromatic N) is 1. The van der Waals surface area contributed by atoms with Crippen LogP contribution in [0.3, 0.4) is 0 Å². The number of carbonyl (C=O) groups is 1. The number of fused-ring (bicyclic) bond motifs is 1. The molecule has 0 aliphatic carbocycles. The minimum Gasteiger partial charge on any atom is -0.505 e. The predicted molar refractivity (Wildman–Crippen MR) is 93.5 cm³/mol. The Kier molecular flexibility index (Phi) is 4.47. The molecule has 0 aromatic heterocycles. The summed E-state index contributed by atoms with van der Waals surface area (Å²) in [4.78, 5) is 12.1. The van der Waals surface area contributed by atoms with Crippen LogP contribution < -0.4 is 10.1 Å². The van der Waals surface area contributed by atoms with Crippen LogP contribution in [0, 0.1) is 0 Å². The molecular weight excluding hydrogens is 366 g/mol. The summed E-state index contributed by atoms with van der Waals surface area (Å²) in [7, 11) is -3.95. The van der Waals surface area contributed by atoms with Crippen LogP contribution >= 0.6 is 11.6 Å². The zero-order valence-electron chi connectivity index (χ0n) is 12.6. The lowest BCUT2D eigenvalue weighted by atomic mass is 10.1. The molecule has 128 valence electrons. The van der Waals surface area contributed by atoms with Crippen molar-refractivity contribution in [1.29, 1.82) is 0 Å². The van der Waals surface area contributed by atoms with Crippen LogP contribution in [0.4, 0.5) is 0 Å². The molecule has 1 aliphatic rings. The molecule has 7 nitrogen and oxygen atoms in total. The molecule has 3 N–H and O–H groups in total. The van der Waals surface area contributed by atoms with E-state index in [1.807, 2.05) is 0 Å². The largest absolute Gasteiger partial charge is 0.505 e. The number of rotatable bonds is 3. The first-order chi connectivity index (χ1) is 11.9. The van der Waals surface area contributed by atoms with Crippen LogP contribution in [0.5, 0.6) is 0 Å². The van der Waals surface area contributed by atoms with Gasteiger partial charge in [-0.05, 0) is 29.8 Å². The summed E-state index contributed by atoms with van der Waals surface area (Å²) in [6, 6.07) is 12.6. The number of aliphatic hydroxyl groups is 1. The number of nitrogens with one attached hydrogen (secondary N) is 2. The van der Waals surface area contributed by atoms with E-state index >= 15 is 0 Å². The molecule has 0 spiro atoms. The third kappa shape index (κ3) is 3.49. The Morgan fingerprint density at radius 3 is 2.72 bits per heavy atom. The van der Waals surface area contributed by atoms with Gasteiger partial charge in [0.15, 0.2) is 11.5 Å². The Bertz CT molecular complexity index is 1020. The number of hydrogen-bond donors (Lipinski definition) is 3.